The number of alkyl halides is 2. The first-order valence-electron chi connectivity index (χ1n) is 6.14. The number of halogens is 3. The lowest BCUT2D eigenvalue weighted by Gasteiger charge is -2.34. The van der Waals surface area contributed by atoms with Gasteiger partial charge in [-0.2, -0.15) is 8.78 Å². The topological polar surface area (TPSA) is 24.5 Å². The number of piperazine rings is 1. The molecule has 0 unspecified atom stereocenters. The van der Waals surface area contributed by atoms with E-state index in [1.54, 1.807) is 12.1 Å². The Balaban J connectivity index is 0.00000180. The largest absolute Gasteiger partial charge is 0.434 e. The Bertz CT molecular complexity index is 393. The van der Waals surface area contributed by atoms with Crippen LogP contribution in [-0.4, -0.2) is 37.2 Å². The number of ether oxygens (including phenoxy) is 1. The standard InChI is InChI=1S/C13H18F2N2O.ClH/c1-10-8-16-6-7-17(10)9-11-4-2-3-5-12(11)18-13(14)15;/h2-5,10,13,16H,6-9H2,1H3;1H/t10-;/m0./s1. The lowest BCUT2D eigenvalue weighted by Crippen LogP contribution is -2.49. The Hall–Kier alpha value is -0.910. The molecule has 0 aliphatic carbocycles. The second-order valence-electron chi connectivity index (χ2n) is 4.51. The van der Waals surface area contributed by atoms with E-state index in [1.165, 1.54) is 0 Å². The van der Waals surface area contributed by atoms with E-state index in [0.29, 0.717) is 12.6 Å². The smallest absolute Gasteiger partial charge is 0.387 e. The second kappa shape index (κ2) is 7.62. The molecule has 1 N–H and O–H groups in total. The van der Waals surface area contributed by atoms with Gasteiger partial charge in [-0.3, -0.25) is 4.90 Å². The number of hydrogen-bond acceptors (Lipinski definition) is 3. The highest BCUT2D eigenvalue weighted by Gasteiger charge is 2.19. The van der Waals surface area contributed by atoms with Crippen molar-refractivity contribution in [1.82, 2.24) is 10.2 Å². The molecule has 0 aromatic heterocycles. The van der Waals surface area contributed by atoms with E-state index in [0.717, 1.165) is 25.2 Å². The average Bonchev–Trinajstić information content (AvgIpc) is 2.34. The molecule has 108 valence electrons. The van der Waals surface area contributed by atoms with Crippen LogP contribution in [0.4, 0.5) is 8.78 Å². The summed E-state index contributed by atoms with van der Waals surface area (Å²) >= 11 is 0. The van der Waals surface area contributed by atoms with E-state index >= 15 is 0 Å². The van der Waals surface area contributed by atoms with E-state index in [1.807, 2.05) is 12.1 Å². The van der Waals surface area contributed by atoms with Gasteiger partial charge < -0.3 is 10.1 Å². The van der Waals surface area contributed by atoms with Crippen LogP contribution in [-0.2, 0) is 6.54 Å². The zero-order valence-electron chi connectivity index (χ0n) is 10.8. The summed E-state index contributed by atoms with van der Waals surface area (Å²) in [5.74, 6) is 0.276. The first kappa shape index (κ1) is 16.1. The van der Waals surface area contributed by atoms with E-state index < -0.39 is 6.61 Å². The maximum Gasteiger partial charge on any atom is 0.387 e. The number of benzene rings is 1. The molecule has 2 rings (SSSR count). The van der Waals surface area contributed by atoms with Crippen LogP contribution in [0.2, 0.25) is 0 Å². The number of rotatable bonds is 4. The molecular weight excluding hydrogens is 274 g/mol. The van der Waals surface area contributed by atoms with Crippen LogP contribution in [0.5, 0.6) is 5.75 Å². The minimum absolute atomic E-state index is 0. The molecule has 1 aromatic rings. The van der Waals surface area contributed by atoms with Crippen molar-refractivity contribution in [2.24, 2.45) is 0 Å². The minimum Gasteiger partial charge on any atom is -0.434 e. The first-order chi connectivity index (χ1) is 8.66. The zero-order valence-corrected chi connectivity index (χ0v) is 11.6. The molecule has 1 aromatic carbocycles. The predicted molar refractivity (Wildman–Crippen MR) is 73.1 cm³/mol. The van der Waals surface area contributed by atoms with Gasteiger partial charge in [0.1, 0.15) is 5.75 Å². The van der Waals surface area contributed by atoms with Crippen LogP contribution in [0.25, 0.3) is 0 Å². The maximum absolute atomic E-state index is 12.3. The van der Waals surface area contributed by atoms with Crippen molar-refractivity contribution in [3.05, 3.63) is 29.8 Å². The normalized spacial score (nSPS) is 20.1. The fourth-order valence-electron chi connectivity index (χ4n) is 2.18. The fourth-order valence-corrected chi connectivity index (χ4v) is 2.18. The first-order valence-corrected chi connectivity index (χ1v) is 6.14. The number of nitrogens with zero attached hydrogens (tertiary/aromatic N) is 1. The summed E-state index contributed by atoms with van der Waals surface area (Å²) in [5, 5.41) is 3.30. The van der Waals surface area contributed by atoms with Crippen molar-refractivity contribution < 1.29 is 13.5 Å². The van der Waals surface area contributed by atoms with Gasteiger partial charge in [-0.15, -0.1) is 12.4 Å². The molecule has 0 bridgehead atoms. The lowest BCUT2D eigenvalue weighted by atomic mass is 10.1. The molecule has 1 fully saturated rings. The number of para-hydroxylation sites is 1. The molecule has 0 radical (unpaired) electrons. The molecule has 19 heavy (non-hydrogen) atoms. The highest BCUT2D eigenvalue weighted by molar-refractivity contribution is 5.85. The molecule has 1 aliphatic rings. The van der Waals surface area contributed by atoms with Gasteiger partial charge in [0, 0.05) is 37.8 Å². The van der Waals surface area contributed by atoms with Gasteiger partial charge in [-0.1, -0.05) is 18.2 Å². The van der Waals surface area contributed by atoms with Gasteiger partial charge in [0.15, 0.2) is 0 Å². The van der Waals surface area contributed by atoms with Crippen molar-refractivity contribution in [1.29, 1.82) is 0 Å². The molecule has 1 heterocycles. The van der Waals surface area contributed by atoms with Crippen LogP contribution in [0.1, 0.15) is 12.5 Å². The summed E-state index contributed by atoms with van der Waals surface area (Å²) in [6.07, 6.45) is 0. The average molecular weight is 293 g/mol. The van der Waals surface area contributed by atoms with Crippen molar-refractivity contribution in [2.45, 2.75) is 26.1 Å². The molecule has 0 amide bonds. The van der Waals surface area contributed by atoms with Crippen molar-refractivity contribution >= 4 is 12.4 Å². The summed E-state index contributed by atoms with van der Waals surface area (Å²) in [7, 11) is 0. The molecule has 1 aliphatic heterocycles. The number of hydrogen-bond donors (Lipinski definition) is 1. The van der Waals surface area contributed by atoms with Crippen molar-refractivity contribution in [3.8, 4) is 5.75 Å². The van der Waals surface area contributed by atoms with Crippen molar-refractivity contribution in [2.75, 3.05) is 19.6 Å². The Morgan fingerprint density at radius 1 is 1.42 bits per heavy atom. The van der Waals surface area contributed by atoms with Crippen LogP contribution >= 0.6 is 12.4 Å². The summed E-state index contributed by atoms with van der Waals surface area (Å²) in [4.78, 5) is 2.27. The predicted octanol–water partition coefficient (Wildman–Crippen LogP) is 2.50. The van der Waals surface area contributed by atoms with Gasteiger partial charge >= 0.3 is 6.61 Å². The summed E-state index contributed by atoms with van der Waals surface area (Å²) in [6.45, 7) is 2.78. The maximum atomic E-state index is 12.3. The number of nitrogens with one attached hydrogen (secondary N) is 1. The van der Waals surface area contributed by atoms with E-state index in [9.17, 15) is 8.78 Å². The Labute approximate surface area is 118 Å². The van der Waals surface area contributed by atoms with Crippen LogP contribution in [0.3, 0.4) is 0 Å². The van der Waals surface area contributed by atoms with E-state index in [4.69, 9.17) is 0 Å². The van der Waals surface area contributed by atoms with Gasteiger partial charge in [-0.25, -0.2) is 0 Å². The van der Waals surface area contributed by atoms with Crippen LogP contribution < -0.4 is 10.1 Å². The third-order valence-electron chi connectivity index (χ3n) is 3.20. The molecule has 6 heteroatoms. The molecule has 0 spiro atoms. The molecular formula is C13H19ClF2N2O. The summed E-state index contributed by atoms with van der Waals surface area (Å²) in [5.41, 5.74) is 0.812. The van der Waals surface area contributed by atoms with Crippen LogP contribution in [0.15, 0.2) is 24.3 Å². The van der Waals surface area contributed by atoms with Gasteiger partial charge in [0.05, 0.1) is 0 Å². The third kappa shape index (κ3) is 4.60. The van der Waals surface area contributed by atoms with Gasteiger partial charge in [-0.05, 0) is 13.0 Å². The Morgan fingerprint density at radius 3 is 2.84 bits per heavy atom. The monoisotopic (exact) mass is 292 g/mol. The zero-order chi connectivity index (χ0) is 13.0. The SMILES string of the molecule is C[C@H]1CNCCN1Cc1ccccc1OC(F)F.Cl. The lowest BCUT2D eigenvalue weighted by molar-refractivity contribution is -0.0509. The quantitative estimate of drug-likeness (QED) is 0.923. The summed E-state index contributed by atoms with van der Waals surface area (Å²) < 4.78 is 29.2. The molecule has 1 atom stereocenters. The second-order valence-corrected chi connectivity index (χ2v) is 4.51. The minimum atomic E-state index is -2.77. The van der Waals surface area contributed by atoms with Gasteiger partial charge in [0.2, 0.25) is 0 Å². The van der Waals surface area contributed by atoms with Crippen LogP contribution in [0, 0.1) is 0 Å². The third-order valence-corrected chi connectivity index (χ3v) is 3.20. The Morgan fingerprint density at radius 2 is 2.16 bits per heavy atom. The molecule has 3 nitrogen and oxygen atoms in total. The van der Waals surface area contributed by atoms with E-state index in [-0.39, 0.29) is 18.2 Å². The van der Waals surface area contributed by atoms with Crippen molar-refractivity contribution in [3.63, 3.8) is 0 Å². The highest BCUT2D eigenvalue weighted by atomic mass is 35.5. The Kier molecular flexibility index (Phi) is 6.48. The van der Waals surface area contributed by atoms with E-state index in [2.05, 4.69) is 21.9 Å². The van der Waals surface area contributed by atoms with Gasteiger partial charge in [0.25, 0.3) is 0 Å². The summed E-state index contributed by atoms with van der Waals surface area (Å²) in [6, 6.07) is 7.39. The molecule has 1 saturated heterocycles. The fraction of sp³-hybridized carbons (Fsp3) is 0.538. The molecule has 0 saturated carbocycles. The highest BCUT2D eigenvalue weighted by Crippen LogP contribution is 2.22.